The Bertz CT molecular complexity index is 251. The average molecular weight is 254 g/mol. The normalized spacial score (nSPS) is 21.4. The SMILES string of the molecule is CCCCCCC(C)(CCCC)NC(=O)C1CN1. The number of carbonyl (C=O) groups is 1. The lowest BCUT2D eigenvalue weighted by atomic mass is 9.88. The fourth-order valence-corrected chi connectivity index (χ4v) is 2.39. The van der Waals surface area contributed by atoms with Gasteiger partial charge in [0.2, 0.25) is 5.91 Å². The first kappa shape index (κ1) is 15.5. The molecule has 2 atom stereocenters. The highest BCUT2D eigenvalue weighted by Crippen LogP contribution is 2.22. The Balaban J connectivity index is 2.36. The summed E-state index contributed by atoms with van der Waals surface area (Å²) in [5.41, 5.74) is 0.00506. The standard InChI is InChI=1S/C15H30N2O/c1-4-6-8-9-11-15(3,10-7-5-2)17-14(18)13-12-16-13/h13,16H,4-12H2,1-3H3,(H,17,18). The summed E-state index contributed by atoms with van der Waals surface area (Å²) in [7, 11) is 0. The first-order valence-corrected chi connectivity index (χ1v) is 7.66. The van der Waals surface area contributed by atoms with Crippen molar-refractivity contribution >= 4 is 5.91 Å². The van der Waals surface area contributed by atoms with Crippen LogP contribution in [0.1, 0.15) is 72.1 Å². The van der Waals surface area contributed by atoms with Gasteiger partial charge in [-0.3, -0.25) is 4.79 Å². The van der Waals surface area contributed by atoms with Crippen LogP contribution >= 0.6 is 0 Å². The van der Waals surface area contributed by atoms with Gasteiger partial charge < -0.3 is 10.6 Å². The van der Waals surface area contributed by atoms with Gasteiger partial charge in [0.1, 0.15) is 0 Å². The summed E-state index contributed by atoms with van der Waals surface area (Å²) in [5, 5.41) is 6.34. The first-order chi connectivity index (χ1) is 8.61. The summed E-state index contributed by atoms with van der Waals surface area (Å²) < 4.78 is 0. The number of nitrogens with one attached hydrogen (secondary N) is 2. The van der Waals surface area contributed by atoms with Crippen molar-refractivity contribution < 1.29 is 4.79 Å². The number of hydrogen-bond acceptors (Lipinski definition) is 2. The minimum atomic E-state index is 0.00506. The summed E-state index contributed by atoms with van der Waals surface area (Å²) >= 11 is 0. The molecule has 0 aliphatic carbocycles. The van der Waals surface area contributed by atoms with Crippen LogP contribution in [0.5, 0.6) is 0 Å². The quantitative estimate of drug-likeness (QED) is 0.465. The van der Waals surface area contributed by atoms with Gasteiger partial charge in [-0.25, -0.2) is 0 Å². The molecule has 1 amide bonds. The smallest absolute Gasteiger partial charge is 0.238 e. The number of unbranched alkanes of at least 4 members (excludes halogenated alkanes) is 4. The van der Waals surface area contributed by atoms with Gasteiger partial charge in [-0.05, 0) is 19.8 Å². The van der Waals surface area contributed by atoms with Crippen LogP contribution in [0.15, 0.2) is 0 Å². The van der Waals surface area contributed by atoms with Crippen LogP contribution in [-0.4, -0.2) is 24.0 Å². The van der Waals surface area contributed by atoms with E-state index in [0.717, 1.165) is 19.4 Å². The molecule has 1 fully saturated rings. The van der Waals surface area contributed by atoms with Gasteiger partial charge in [0.25, 0.3) is 0 Å². The van der Waals surface area contributed by atoms with Crippen LogP contribution in [0.4, 0.5) is 0 Å². The van der Waals surface area contributed by atoms with Gasteiger partial charge in [-0.15, -0.1) is 0 Å². The van der Waals surface area contributed by atoms with E-state index in [1.807, 2.05) is 0 Å². The lowest BCUT2D eigenvalue weighted by molar-refractivity contribution is -0.122. The summed E-state index contributed by atoms with van der Waals surface area (Å²) in [6.45, 7) is 7.51. The maximum absolute atomic E-state index is 11.9. The maximum atomic E-state index is 11.9. The molecule has 18 heavy (non-hydrogen) atoms. The highest BCUT2D eigenvalue weighted by molar-refractivity contribution is 5.85. The molecular formula is C15H30N2O. The molecule has 1 aliphatic heterocycles. The third-order valence-corrected chi connectivity index (χ3v) is 3.81. The van der Waals surface area contributed by atoms with Crippen molar-refractivity contribution in [1.82, 2.24) is 10.6 Å². The second-order valence-corrected chi connectivity index (χ2v) is 5.92. The second-order valence-electron chi connectivity index (χ2n) is 5.92. The predicted octanol–water partition coefficient (Wildman–Crippen LogP) is 2.99. The maximum Gasteiger partial charge on any atom is 0.238 e. The zero-order chi connectivity index (χ0) is 13.4. The Morgan fingerprint density at radius 3 is 2.33 bits per heavy atom. The zero-order valence-corrected chi connectivity index (χ0v) is 12.3. The first-order valence-electron chi connectivity index (χ1n) is 7.66. The van der Waals surface area contributed by atoms with Crippen molar-refractivity contribution in [2.75, 3.05) is 6.54 Å². The second kappa shape index (κ2) is 7.78. The van der Waals surface area contributed by atoms with E-state index in [9.17, 15) is 4.79 Å². The van der Waals surface area contributed by atoms with Gasteiger partial charge in [0.05, 0.1) is 6.04 Å². The highest BCUT2D eigenvalue weighted by Gasteiger charge is 2.33. The van der Waals surface area contributed by atoms with E-state index in [4.69, 9.17) is 0 Å². The Morgan fingerprint density at radius 1 is 1.17 bits per heavy atom. The number of amides is 1. The topological polar surface area (TPSA) is 51.0 Å². The van der Waals surface area contributed by atoms with Gasteiger partial charge >= 0.3 is 0 Å². The van der Waals surface area contributed by atoms with Gasteiger partial charge in [0, 0.05) is 12.1 Å². The molecule has 0 radical (unpaired) electrons. The molecule has 2 N–H and O–H groups in total. The van der Waals surface area contributed by atoms with Gasteiger partial charge in [0.15, 0.2) is 0 Å². The summed E-state index contributed by atoms with van der Waals surface area (Å²) in [6, 6.07) is 0.0848. The molecule has 0 saturated carbocycles. The van der Waals surface area contributed by atoms with Crippen LogP contribution < -0.4 is 10.6 Å². The molecule has 0 spiro atoms. The third-order valence-electron chi connectivity index (χ3n) is 3.81. The van der Waals surface area contributed by atoms with Crippen LogP contribution in [0.3, 0.4) is 0 Å². The van der Waals surface area contributed by atoms with Crippen molar-refractivity contribution in [1.29, 1.82) is 0 Å². The zero-order valence-electron chi connectivity index (χ0n) is 12.3. The monoisotopic (exact) mass is 254 g/mol. The van der Waals surface area contributed by atoms with Crippen molar-refractivity contribution in [3.63, 3.8) is 0 Å². The lowest BCUT2D eigenvalue weighted by Gasteiger charge is -2.31. The molecule has 0 aromatic rings. The van der Waals surface area contributed by atoms with E-state index < -0.39 is 0 Å². The molecule has 1 heterocycles. The average Bonchev–Trinajstić information content (AvgIpc) is 3.16. The number of hydrogen-bond donors (Lipinski definition) is 2. The Kier molecular flexibility index (Phi) is 6.69. The van der Waals surface area contributed by atoms with Crippen LogP contribution in [-0.2, 0) is 4.79 Å². The largest absolute Gasteiger partial charge is 0.350 e. The van der Waals surface area contributed by atoms with Crippen molar-refractivity contribution in [3.05, 3.63) is 0 Å². The highest BCUT2D eigenvalue weighted by atomic mass is 16.2. The van der Waals surface area contributed by atoms with E-state index in [0.29, 0.717) is 0 Å². The van der Waals surface area contributed by atoms with E-state index in [-0.39, 0.29) is 17.5 Å². The summed E-state index contributed by atoms with van der Waals surface area (Å²) in [5.74, 6) is 0.198. The van der Waals surface area contributed by atoms with Gasteiger partial charge in [-0.1, -0.05) is 52.4 Å². The van der Waals surface area contributed by atoms with Crippen molar-refractivity contribution in [2.24, 2.45) is 0 Å². The molecule has 0 bridgehead atoms. The minimum Gasteiger partial charge on any atom is -0.350 e. The fraction of sp³-hybridized carbons (Fsp3) is 0.933. The molecule has 1 saturated heterocycles. The fourth-order valence-electron chi connectivity index (χ4n) is 2.39. The Morgan fingerprint density at radius 2 is 1.78 bits per heavy atom. The van der Waals surface area contributed by atoms with E-state index in [1.54, 1.807) is 0 Å². The molecule has 106 valence electrons. The minimum absolute atomic E-state index is 0.00506. The van der Waals surface area contributed by atoms with Gasteiger partial charge in [-0.2, -0.15) is 0 Å². The van der Waals surface area contributed by atoms with E-state index >= 15 is 0 Å². The van der Waals surface area contributed by atoms with E-state index in [1.165, 1.54) is 38.5 Å². The van der Waals surface area contributed by atoms with E-state index in [2.05, 4.69) is 31.4 Å². The number of rotatable bonds is 10. The number of carbonyl (C=O) groups excluding carboxylic acids is 1. The molecule has 1 aliphatic rings. The van der Waals surface area contributed by atoms with Crippen molar-refractivity contribution in [3.8, 4) is 0 Å². The molecular weight excluding hydrogens is 224 g/mol. The molecule has 1 rings (SSSR count). The molecule has 2 unspecified atom stereocenters. The lowest BCUT2D eigenvalue weighted by Crippen LogP contribution is -2.48. The van der Waals surface area contributed by atoms with Crippen molar-refractivity contribution in [2.45, 2.75) is 83.7 Å². The van der Waals surface area contributed by atoms with Crippen LogP contribution in [0, 0.1) is 0 Å². The van der Waals surface area contributed by atoms with Crippen LogP contribution in [0.2, 0.25) is 0 Å². The molecule has 0 aromatic carbocycles. The molecule has 0 aromatic heterocycles. The Hall–Kier alpha value is -0.570. The third kappa shape index (κ3) is 5.85. The Labute approximate surface area is 112 Å². The summed E-state index contributed by atoms with van der Waals surface area (Å²) in [4.78, 5) is 11.9. The molecule has 3 nitrogen and oxygen atoms in total. The van der Waals surface area contributed by atoms with Crippen LogP contribution in [0.25, 0.3) is 0 Å². The molecule has 3 heteroatoms. The summed E-state index contributed by atoms with van der Waals surface area (Å²) in [6.07, 6.45) is 9.71. The predicted molar refractivity (Wildman–Crippen MR) is 76.6 cm³/mol.